The summed E-state index contributed by atoms with van der Waals surface area (Å²) in [7, 11) is 0. The van der Waals surface area contributed by atoms with Crippen LogP contribution in [0.1, 0.15) is 30.0 Å². The Morgan fingerprint density at radius 2 is 1.88 bits per heavy atom. The van der Waals surface area contributed by atoms with Gasteiger partial charge in [0.1, 0.15) is 0 Å². The maximum atomic E-state index is 12.6. The molecule has 1 saturated heterocycles. The van der Waals surface area contributed by atoms with E-state index in [1.807, 2.05) is 56.3 Å². The van der Waals surface area contributed by atoms with Gasteiger partial charge in [0.2, 0.25) is 11.8 Å². The van der Waals surface area contributed by atoms with Crippen molar-refractivity contribution in [1.29, 1.82) is 0 Å². The third kappa shape index (κ3) is 3.73. The summed E-state index contributed by atoms with van der Waals surface area (Å²) in [6.07, 6.45) is 1.22. The standard InChI is InChI=1S/C21H24N2O2/c1-4-16-7-9-18(10-8-16)23-13-17(12-20(23)24)21(25)22-19-11-14(2)5-6-15(19)3/h5-11,17H,4,12-13H2,1-3H3,(H,22,25)/t17-/m1/s1. The number of carbonyl (C=O) groups is 2. The molecule has 2 aromatic carbocycles. The number of anilines is 2. The first kappa shape index (κ1) is 17.2. The normalized spacial score (nSPS) is 17.0. The minimum atomic E-state index is -0.321. The third-order valence-electron chi connectivity index (χ3n) is 4.80. The highest BCUT2D eigenvalue weighted by Gasteiger charge is 2.35. The second-order valence-corrected chi connectivity index (χ2v) is 6.73. The summed E-state index contributed by atoms with van der Waals surface area (Å²) in [5, 5.41) is 2.99. The molecule has 1 heterocycles. The molecule has 25 heavy (non-hydrogen) atoms. The van der Waals surface area contributed by atoms with Gasteiger partial charge in [0.25, 0.3) is 0 Å². The van der Waals surface area contributed by atoms with E-state index in [0.29, 0.717) is 6.54 Å². The minimum Gasteiger partial charge on any atom is -0.326 e. The summed E-state index contributed by atoms with van der Waals surface area (Å²) in [4.78, 5) is 26.7. The van der Waals surface area contributed by atoms with Gasteiger partial charge in [-0.3, -0.25) is 9.59 Å². The van der Waals surface area contributed by atoms with Crippen LogP contribution < -0.4 is 10.2 Å². The zero-order valence-corrected chi connectivity index (χ0v) is 15.0. The Labute approximate surface area is 148 Å². The first-order valence-corrected chi connectivity index (χ1v) is 8.75. The van der Waals surface area contributed by atoms with E-state index < -0.39 is 0 Å². The quantitative estimate of drug-likeness (QED) is 0.922. The monoisotopic (exact) mass is 336 g/mol. The SMILES string of the molecule is CCc1ccc(N2C[C@H](C(=O)Nc3cc(C)ccc3C)CC2=O)cc1. The van der Waals surface area contributed by atoms with Gasteiger partial charge in [0, 0.05) is 24.3 Å². The predicted octanol–water partition coefficient (Wildman–Crippen LogP) is 3.86. The maximum absolute atomic E-state index is 12.6. The van der Waals surface area contributed by atoms with Crippen LogP contribution >= 0.6 is 0 Å². The van der Waals surface area contributed by atoms with Crippen molar-refractivity contribution in [3.63, 3.8) is 0 Å². The molecule has 130 valence electrons. The van der Waals surface area contributed by atoms with Crippen LogP contribution in [-0.4, -0.2) is 18.4 Å². The number of carbonyl (C=O) groups excluding carboxylic acids is 2. The summed E-state index contributed by atoms with van der Waals surface area (Å²) in [6.45, 7) is 6.50. The number of benzene rings is 2. The van der Waals surface area contributed by atoms with Gasteiger partial charge in [-0.05, 0) is 55.2 Å². The molecule has 0 bridgehead atoms. The fraction of sp³-hybridized carbons (Fsp3) is 0.333. The van der Waals surface area contributed by atoms with Gasteiger partial charge in [-0.25, -0.2) is 0 Å². The predicted molar refractivity (Wildman–Crippen MR) is 101 cm³/mol. The molecule has 2 amide bonds. The smallest absolute Gasteiger partial charge is 0.229 e. The molecular weight excluding hydrogens is 312 g/mol. The molecule has 1 fully saturated rings. The van der Waals surface area contributed by atoms with Crippen LogP contribution in [0, 0.1) is 19.8 Å². The fourth-order valence-electron chi connectivity index (χ4n) is 3.15. The van der Waals surface area contributed by atoms with Gasteiger partial charge in [0.05, 0.1) is 5.92 Å². The Bertz CT molecular complexity index is 796. The van der Waals surface area contributed by atoms with Crippen molar-refractivity contribution in [3.8, 4) is 0 Å². The van der Waals surface area contributed by atoms with Crippen LogP contribution in [0.5, 0.6) is 0 Å². The molecule has 4 heteroatoms. The van der Waals surface area contributed by atoms with E-state index in [1.54, 1.807) is 4.90 Å². The summed E-state index contributed by atoms with van der Waals surface area (Å²) in [5.74, 6) is -0.404. The second-order valence-electron chi connectivity index (χ2n) is 6.73. The highest BCUT2D eigenvalue weighted by Crippen LogP contribution is 2.27. The van der Waals surface area contributed by atoms with Gasteiger partial charge < -0.3 is 10.2 Å². The van der Waals surface area contributed by atoms with Gasteiger partial charge >= 0.3 is 0 Å². The van der Waals surface area contributed by atoms with Gasteiger partial charge in [0.15, 0.2) is 0 Å². The van der Waals surface area contributed by atoms with E-state index in [4.69, 9.17) is 0 Å². The second kappa shape index (κ2) is 7.09. The number of amides is 2. The molecule has 1 aliphatic rings. The van der Waals surface area contributed by atoms with Crippen molar-refractivity contribution in [2.75, 3.05) is 16.8 Å². The maximum Gasteiger partial charge on any atom is 0.229 e. The van der Waals surface area contributed by atoms with Crippen molar-refractivity contribution in [2.24, 2.45) is 5.92 Å². The lowest BCUT2D eigenvalue weighted by atomic mass is 10.1. The van der Waals surface area contributed by atoms with E-state index in [9.17, 15) is 9.59 Å². The number of rotatable bonds is 4. The molecule has 1 atom stereocenters. The number of hydrogen-bond acceptors (Lipinski definition) is 2. The van der Waals surface area contributed by atoms with Crippen molar-refractivity contribution < 1.29 is 9.59 Å². The van der Waals surface area contributed by atoms with Crippen molar-refractivity contribution in [3.05, 3.63) is 59.2 Å². The molecule has 0 aromatic heterocycles. The molecule has 0 unspecified atom stereocenters. The summed E-state index contributed by atoms with van der Waals surface area (Å²) in [5.41, 5.74) is 5.04. The molecule has 3 rings (SSSR count). The van der Waals surface area contributed by atoms with E-state index >= 15 is 0 Å². The number of nitrogens with zero attached hydrogens (tertiary/aromatic N) is 1. The number of nitrogens with one attached hydrogen (secondary N) is 1. The zero-order chi connectivity index (χ0) is 18.0. The van der Waals surface area contributed by atoms with E-state index in [-0.39, 0.29) is 24.2 Å². The lowest BCUT2D eigenvalue weighted by Crippen LogP contribution is -2.28. The molecule has 0 spiro atoms. The van der Waals surface area contributed by atoms with Gasteiger partial charge in [-0.1, -0.05) is 31.2 Å². The lowest BCUT2D eigenvalue weighted by Gasteiger charge is -2.17. The average Bonchev–Trinajstić information content (AvgIpc) is 3.00. The van der Waals surface area contributed by atoms with E-state index in [0.717, 1.165) is 28.9 Å². The Hall–Kier alpha value is -2.62. The van der Waals surface area contributed by atoms with Gasteiger partial charge in [-0.15, -0.1) is 0 Å². The topological polar surface area (TPSA) is 49.4 Å². The highest BCUT2D eigenvalue weighted by molar-refractivity contribution is 6.03. The first-order valence-electron chi connectivity index (χ1n) is 8.75. The molecule has 1 aliphatic heterocycles. The molecule has 0 saturated carbocycles. The molecule has 0 radical (unpaired) electrons. The van der Waals surface area contributed by atoms with Crippen LogP contribution in [0.4, 0.5) is 11.4 Å². The minimum absolute atomic E-state index is 0.00497. The molecule has 2 aromatic rings. The van der Waals surface area contributed by atoms with Crippen LogP contribution in [-0.2, 0) is 16.0 Å². The Balaban J connectivity index is 1.70. The van der Waals surface area contributed by atoms with E-state index in [1.165, 1.54) is 5.56 Å². The van der Waals surface area contributed by atoms with Crippen LogP contribution in [0.3, 0.4) is 0 Å². The number of hydrogen-bond donors (Lipinski definition) is 1. The number of aryl methyl sites for hydroxylation is 3. The Kier molecular flexibility index (Phi) is 4.88. The largest absolute Gasteiger partial charge is 0.326 e. The summed E-state index contributed by atoms with van der Waals surface area (Å²) in [6, 6.07) is 14.0. The van der Waals surface area contributed by atoms with E-state index in [2.05, 4.69) is 12.2 Å². The molecule has 4 nitrogen and oxygen atoms in total. The molecule has 1 N–H and O–H groups in total. The molecule has 0 aliphatic carbocycles. The zero-order valence-electron chi connectivity index (χ0n) is 15.0. The van der Waals surface area contributed by atoms with Crippen molar-refractivity contribution >= 4 is 23.2 Å². The highest BCUT2D eigenvalue weighted by atomic mass is 16.2. The lowest BCUT2D eigenvalue weighted by molar-refractivity contribution is -0.122. The first-order chi connectivity index (χ1) is 12.0. The van der Waals surface area contributed by atoms with Crippen molar-refractivity contribution in [1.82, 2.24) is 0 Å². The van der Waals surface area contributed by atoms with Crippen LogP contribution in [0.25, 0.3) is 0 Å². The third-order valence-corrected chi connectivity index (χ3v) is 4.80. The summed E-state index contributed by atoms with van der Waals surface area (Å²) >= 11 is 0. The van der Waals surface area contributed by atoms with Gasteiger partial charge in [-0.2, -0.15) is 0 Å². The fourth-order valence-corrected chi connectivity index (χ4v) is 3.15. The molecular formula is C21H24N2O2. The van der Waals surface area contributed by atoms with Crippen LogP contribution in [0.15, 0.2) is 42.5 Å². The van der Waals surface area contributed by atoms with Crippen LogP contribution in [0.2, 0.25) is 0 Å². The van der Waals surface area contributed by atoms with Crippen molar-refractivity contribution in [2.45, 2.75) is 33.6 Å². The Morgan fingerprint density at radius 1 is 1.16 bits per heavy atom. The Morgan fingerprint density at radius 3 is 2.56 bits per heavy atom. The average molecular weight is 336 g/mol. The summed E-state index contributed by atoms with van der Waals surface area (Å²) < 4.78 is 0.